The molecule has 1 aliphatic carbocycles. The maximum atomic E-state index is 12.3. The molecule has 0 aliphatic heterocycles. The predicted molar refractivity (Wildman–Crippen MR) is 217 cm³/mol. The molecule has 0 heterocycles. The number of rotatable bonds is 6. The Bertz CT molecular complexity index is 2670. The van der Waals surface area contributed by atoms with E-state index in [1.165, 1.54) is 10.9 Å². The lowest BCUT2D eigenvalue weighted by atomic mass is 9.83. The van der Waals surface area contributed by atoms with E-state index in [1.54, 1.807) is 0 Å². The van der Waals surface area contributed by atoms with Crippen LogP contribution < -0.4 is 0 Å². The second kappa shape index (κ2) is 13.2. The van der Waals surface area contributed by atoms with Gasteiger partial charge in [-0.1, -0.05) is 182 Å². The number of hydrogen-bond acceptors (Lipinski definition) is 2. The molecule has 1 atom stereocenters. The highest BCUT2D eigenvalue weighted by Crippen LogP contribution is 2.49. The third kappa shape index (κ3) is 5.46. The lowest BCUT2D eigenvalue weighted by Crippen LogP contribution is -2.00. The molecule has 8 aromatic rings. The summed E-state index contributed by atoms with van der Waals surface area (Å²) in [7, 11) is 0. The van der Waals surface area contributed by atoms with Crippen molar-refractivity contribution < 1.29 is 10.2 Å². The van der Waals surface area contributed by atoms with Crippen molar-refractivity contribution in [1.82, 2.24) is 0 Å². The van der Waals surface area contributed by atoms with Gasteiger partial charge in [-0.05, 0) is 67.4 Å². The van der Waals surface area contributed by atoms with Crippen molar-refractivity contribution in [3.63, 3.8) is 0 Å². The third-order valence-electron chi connectivity index (χ3n) is 10.4. The van der Waals surface area contributed by atoms with E-state index in [2.05, 4.69) is 121 Å². The van der Waals surface area contributed by atoms with Crippen molar-refractivity contribution in [2.45, 2.75) is 12.3 Å². The first-order chi connectivity index (χ1) is 25.7. The Balaban J connectivity index is 1.17. The Morgan fingerprint density at radius 1 is 0.404 bits per heavy atom. The molecule has 0 aromatic heterocycles. The van der Waals surface area contributed by atoms with Gasteiger partial charge in [0, 0.05) is 33.7 Å². The van der Waals surface area contributed by atoms with E-state index in [-0.39, 0.29) is 17.4 Å². The fraction of sp³-hybridized carbons (Fsp3) is 0.0400. The van der Waals surface area contributed by atoms with Gasteiger partial charge in [0.2, 0.25) is 0 Å². The summed E-state index contributed by atoms with van der Waals surface area (Å²) in [6, 6.07) is 58.0. The molecular weight excluding hydrogens is 633 g/mol. The molecule has 2 N–H and O–H groups in total. The summed E-state index contributed by atoms with van der Waals surface area (Å²) in [5.74, 6) is 0.569. The molecule has 52 heavy (non-hydrogen) atoms. The van der Waals surface area contributed by atoms with Crippen molar-refractivity contribution in [1.29, 1.82) is 0 Å². The topological polar surface area (TPSA) is 40.5 Å². The summed E-state index contributed by atoms with van der Waals surface area (Å²) in [6.45, 7) is 0. The van der Waals surface area contributed by atoms with Gasteiger partial charge in [0.05, 0.1) is 0 Å². The highest BCUT2D eigenvalue weighted by Gasteiger charge is 2.22. The molecule has 2 nitrogen and oxygen atoms in total. The first kappa shape index (κ1) is 31.3. The van der Waals surface area contributed by atoms with Gasteiger partial charge in [-0.2, -0.15) is 0 Å². The van der Waals surface area contributed by atoms with Gasteiger partial charge in [0.1, 0.15) is 11.5 Å². The molecule has 1 aliphatic rings. The van der Waals surface area contributed by atoms with Crippen molar-refractivity contribution in [3.8, 4) is 56.0 Å². The van der Waals surface area contributed by atoms with E-state index in [0.29, 0.717) is 0 Å². The molecule has 0 saturated heterocycles. The summed E-state index contributed by atoms with van der Waals surface area (Å²) in [5.41, 5.74) is 10.5. The van der Waals surface area contributed by atoms with Crippen LogP contribution in [0.4, 0.5) is 0 Å². The van der Waals surface area contributed by atoms with E-state index in [1.807, 2.05) is 66.7 Å². The average molecular weight is 669 g/mol. The van der Waals surface area contributed by atoms with Gasteiger partial charge < -0.3 is 10.2 Å². The summed E-state index contributed by atoms with van der Waals surface area (Å²) in [4.78, 5) is 0. The van der Waals surface area contributed by atoms with Gasteiger partial charge >= 0.3 is 0 Å². The number of allylic oxidation sites excluding steroid dienone is 4. The van der Waals surface area contributed by atoms with E-state index in [0.717, 1.165) is 78.2 Å². The Kier molecular flexibility index (Phi) is 7.98. The number of benzene rings is 8. The number of aromatic hydroxyl groups is 2. The first-order valence-electron chi connectivity index (χ1n) is 17.8. The molecule has 9 rings (SSSR count). The monoisotopic (exact) mass is 668 g/mol. The van der Waals surface area contributed by atoms with Gasteiger partial charge in [0.25, 0.3) is 0 Å². The van der Waals surface area contributed by atoms with Crippen LogP contribution in [0.1, 0.15) is 23.5 Å². The van der Waals surface area contributed by atoms with E-state index >= 15 is 0 Å². The normalized spacial score (nSPS) is 14.1. The lowest BCUT2D eigenvalue weighted by molar-refractivity contribution is 0.467. The summed E-state index contributed by atoms with van der Waals surface area (Å²) >= 11 is 0. The summed E-state index contributed by atoms with van der Waals surface area (Å²) in [6.07, 6.45) is 7.44. The van der Waals surface area contributed by atoms with Crippen molar-refractivity contribution >= 4 is 27.1 Å². The average Bonchev–Trinajstić information content (AvgIpc) is 3.21. The van der Waals surface area contributed by atoms with Crippen molar-refractivity contribution in [2.24, 2.45) is 0 Å². The molecule has 1 unspecified atom stereocenters. The van der Waals surface area contributed by atoms with Gasteiger partial charge in [0.15, 0.2) is 0 Å². The molecular formula is C50H36O2. The highest BCUT2D eigenvalue weighted by atomic mass is 16.3. The molecule has 0 radical (unpaired) electrons. The zero-order valence-corrected chi connectivity index (χ0v) is 28.6. The maximum absolute atomic E-state index is 12.3. The number of phenols is 2. The van der Waals surface area contributed by atoms with Crippen LogP contribution in [0, 0.1) is 0 Å². The quantitative estimate of drug-likeness (QED) is 0.173. The Labute approximate surface area is 303 Å². The van der Waals surface area contributed by atoms with E-state index in [4.69, 9.17) is 0 Å². The molecule has 0 amide bonds. The molecule has 0 fully saturated rings. The highest BCUT2D eigenvalue weighted by molar-refractivity contribution is 6.22. The van der Waals surface area contributed by atoms with Gasteiger partial charge in [-0.25, -0.2) is 0 Å². The number of hydrogen-bond donors (Lipinski definition) is 2. The maximum Gasteiger partial charge on any atom is 0.131 e. The zero-order chi connectivity index (χ0) is 35.0. The van der Waals surface area contributed by atoms with Crippen LogP contribution in [0.25, 0.3) is 71.6 Å². The number of phenolic OH excluding ortho intramolecular Hbond substituents is 2. The SMILES string of the molecule is Oc1c(-c2cccc(-c3cccc(C4C=C(c5ccccc5)C=CC4)c3O)c2)cccc1-c1c(-c2ccccc2)c2ccccc2c2ccccc12. The predicted octanol–water partition coefficient (Wildman–Crippen LogP) is 13.2. The minimum atomic E-state index is 0.0552. The van der Waals surface area contributed by atoms with Crippen LogP contribution >= 0.6 is 0 Å². The van der Waals surface area contributed by atoms with Crippen molar-refractivity contribution in [2.75, 3.05) is 0 Å². The Morgan fingerprint density at radius 2 is 0.904 bits per heavy atom. The standard InChI is InChI=1S/C50H36O2/c51-49-39(36-20-11-19-35(31-36)33-15-3-1-4-16-33)27-13-28-40(49)37-21-12-22-38(32-37)41-29-14-30-46(50(41)52)48-45-26-10-8-24-43(45)42-23-7-9-25-44(42)47(48)34-17-5-2-6-18-34/h1-19,21-32,36,51-52H,20H2. The van der Waals surface area contributed by atoms with Crippen LogP contribution in [0.5, 0.6) is 11.5 Å². The van der Waals surface area contributed by atoms with Crippen LogP contribution in [0.15, 0.2) is 188 Å². The van der Waals surface area contributed by atoms with E-state index in [9.17, 15) is 10.2 Å². The zero-order valence-electron chi connectivity index (χ0n) is 28.6. The second-order valence-corrected chi connectivity index (χ2v) is 13.5. The Morgan fingerprint density at radius 3 is 1.58 bits per heavy atom. The largest absolute Gasteiger partial charge is 0.507 e. The van der Waals surface area contributed by atoms with Crippen LogP contribution in [0.2, 0.25) is 0 Å². The minimum absolute atomic E-state index is 0.0552. The molecule has 2 heteroatoms. The molecule has 0 spiro atoms. The smallest absolute Gasteiger partial charge is 0.131 e. The molecule has 0 saturated carbocycles. The summed E-state index contributed by atoms with van der Waals surface area (Å²) < 4.78 is 0. The number of fused-ring (bicyclic) bond motifs is 3. The number of para-hydroxylation sites is 2. The van der Waals surface area contributed by atoms with Gasteiger partial charge in [-0.3, -0.25) is 0 Å². The van der Waals surface area contributed by atoms with Crippen LogP contribution in [-0.4, -0.2) is 10.2 Å². The first-order valence-corrected chi connectivity index (χ1v) is 17.8. The van der Waals surface area contributed by atoms with Crippen LogP contribution in [-0.2, 0) is 0 Å². The molecule has 248 valence electrons. The summed E-state index contributed by atoms with van der Waals surface area (Å²) in [5, 5.41) is 28.6. The van der Waals surface area contributed by atoms with E-state index < -0.39 is 0 Å². The molecule has 0 bridgehead atoms. The van der Waals surface area contributed by atoms with Gasteiger partial charge in [-0.15, -0.1) is 0 Å². The Hall–Kier alpha value is -6.64. The second-order valence-electron chi connectivity index (χ2n) is 13.5. The van der Waals surface area contributed by atoms with Crippen LogP contribution in [0.3, 0.4) is 0 Å². The lowest BCUT2D eigenvalue weighted by Gasteiger charge is -2.21. The fourth-order valence-electron chi connectivity index (χ4n) is 7.97. The van der Waals surface area contributed by atoms with Crippen molar-refractivity contribution in [3.05, 3.63) is 199 Å². The fourth-order valence-corrected chi connectivity index (χ4v) is 7.97. The molecule has 8 aromatic carbocycles. The minimum Gasteiger partial charge on any atom is -0.507 e. The third-order valence-corrected chi connectivity index (χ3v) is 10.4.